The molecule has 0 aliphatic carbocycles. The smallest absolute Gasteiger partial charge is 0.271 e. The Kier molecular flexibility index (Phi) is 6.23. The fraction of sp³-hybridized carbons (Fsp3) is 0.389. The molecule has 8 nitrogen and oxygen atoms in total. The molecular formula is C18H24N6O2S. The normalized spacial score (nSPS) is 10.9. The Balaban J connectivity index is 1.50. The van der Waals surface area contributed by atoms with Crippen LogP contribution < -0.4 is 15.3 Å². The van der Waals surface area contributed by atoms with E-state index >= 15 is 0 Å². The standard InChI is InChI=1S/C18H24N6O2S/c1-4-9-25-15-5-7-16(8-6-15)26-10-11-27-18-21-20-17(23(18)19)24-14(3)12-13(2)22-24/h5-8,12H,4,9-11,19H2,1-3H3. The van der Waals surface area contributed by atoms with Gasteiger partial charge >= 0.3 is 0 Å². The van der Waals surface area contributed by atoms with Crippen molar-refractivity contribution < 1.29 is 9.47 Å². The summed E-state index contributed by atoms with van der Waals surface area (Å²) < 4.78 is 14.4. The Morgan fingerprint density at radius 1 is 1.04 bits per heavy atom. The highest BCUT2D eigenvalue weighted by atomic mass is 32.2. The van der Waals surface area contributed by atoms with Crippen LogP contribution >= 0.6 is 11.8 Å². The van der Waals surface area contributed by atoms with Gasteiger partial charge in [0.2, 0.25) is 5.16 Å². The van der Waals surface area contributed by atoms with Crippen molar-refractivity contribution in [2.45, 2.75) is 32.3 Å². The molecule has 2 heterocycles. The number of rotatable bonds is 9. The number of thioether (sulfide) groups is 1. The van der Waals surface area contributed by atoms with Crippen LogP contribution in [0.15, 0.2) is 35.5 Å². The molecule has 9 heteroatoms. The molecule has 27 heavy (non-hydrogen) atoms. The van der Waals surface area contributed by atoms with E-state index in [9.17, 15) is 0 Å². The highest BCUT2D eigenvalue weighted by Gasteiger charge is 2.14. The minimum absolute atomic E-state index is 0.492. The first-order valence-corrected chi connectivity index (χ1v) is 9.79. The molecule has 0 amide bonds. The van der Waals surface area contributed by atoms with Gasteiger partial charge in [-0.15, -0.1) is 10.2 Å². The van der Waals surface area contributed by atoms with Gasteiger partial charge in [0, 0.05) is 11.4 Å². The number of aromatic nitrogens is 5. The highest BCUT2D eigenvalue weighted by molar-refractivity contribution is 7.99. The SMILES string of the molecule is CCCOc1ccc(OCCSc2nnc(-n3nc(C)cc3C)n2N)cc1. The second-order valence-electron chi connectivity index (χ2n) is 6.01. The maximum Gasteiger partial charge on any atom is 0.271 e. The van der Waals surface area contributed by atoms with Crippen LogP contribution in [0.3, 0.4) is 0 Å². The summed E-state index contributed by atoms with van der Waals surface area (Å²) in [4.78, 5) is 0. The van der Waals surface area contributed by atoms with Crippen LogP contribution in [0, 0.1) is 13.8 Å². The molecule has 0 atom stereocenters. The number of hydrogen-bond acceptors (Lipinski definition) is 7. The predicted molar refractivity (Wildman–Crippen MR) is 105 cm³/mol. The Bertz CT molecular complexity index is 875. The lowest BCUT2D eigenvalue weighted by atomic mass is 10.3. The molecule has 0 unspecified atom stereocenters. The fourth-order valence-electron chi connectivity index (χ4n) is 2.49. The van der Waals surface area contributed by atoms with E-state index in [2.05, 4.69) is 22.2 Å². The van der Waals surface area contributed by atoms with Gasteiger partial charge in [0.1, 0.15) is 11.5 Å². The summed E-state index contributed by atoms with van der Waals surface area (Å²) >= 11 is 1.48. The van der Waals surface area contributed by atoms with E-state index in [0.717, 1.165) is 35.9 Å². The molecule has 0 aliphatic heterocycles. The molecule has 0 radical (unpaired) electrons. The Morgan fingerprint density at radius 3 is 2.30 bits per heavy atom. The molecule has 0 aliphatic rings. The molecule has 1 aromatic carbocycles. The van der Waals surface area contributed by atoms with E-state index < -0.39 is 0 Å². The molecule has 0 spiro atoms. The summed E-state index contributed by atoms with van der Waals surface area (Å²) in [5.74, 6) is 8.96. The van der Waals surface area contributed by atoms with Crippen molar-refractivity contribution in [2.24, 2.45) is 0 Å². The van der Waals surface area contributed by atoms with Crippen LogP contribution in [0.2, 0.25) is 0 Å². The quantitative estimate of drug-likeness (QED) is 0.342. The zero-order chi connectivity index (χ0) is 19.2. The van der Waals surface area contributed by atoms with E-state index in [1.807, 2.05) is 44.2 Å². The van der Waals surface area contributed by atoms with Crippen molar-refractivity contribution >= 4 is 11.8 Å². The van der Waals surface area contributed by atoms with Crippen LogP contribution in [0.4, 0.5) is 0 Å². The maximum atomic E-state index is 6.12. The first kappa shape index (κ1) is 19.1. The number of nitrogens with two attached hydrogens (primary N) is 1. The Morgan fingerprint density at radius 2 is 1.70 bits per heavy atom. The molecule has 3 aromatic rings. The maximum absolute atomic E-state index is 6.12. The van der Waals surface area contributed by atoms with E-state index in [4.69, 9.17) is 15.3 Å². The Hall–Kier alpha value is -2.68. The number of hydrogen-bond donors (Lipinski definition) is 1. The third-order valence-corrected chi connectivity index (χ3v) is 4.63. The lowest BCUT2D eigenvalue weighted by Crippen LogP contribution is -2.17. The van der Waals surface area contributed by atoms with Gasteiger partial charge < -0.3 is 15.3 Å². The van der Waals surface area contributed by atoms with Crippen LogP contribution in [0.1, 0.15) is 24.7 Å². The summed E-state index contributed by atoms with van der Waals surface area (Å²) in [6.45, 7) is 7.21. The van der Waals surface area contributed by atoms with Crippen molar-refractivity contribution in [3.63, 3.8) is 0 Å². The lowest BCUT2D eigenvalue weighted by Gasteiger charge is -2.08. The first-order valence-electron chi connectivity index (χ1n) is 8.81. The summed E-state index contributed by atoms with van der Waals surface area (Å²) in [6.07, 6.45) is 0.989. The fourth-order valence-corrected chi connectivity index (χ4v) is 3.16. The van der Waals surface area contributed by atoms with Crippen LogP contribution in [0.5, 0.6) is 11.5 Å². The minimum atomic E-state index is 0.492. The second kappa shape index (κ2) is 8.81. The zero-order valence-electron chi connectivity index (χ0n) is 15.8. The average molecular weight is 388 g/mol. The van der Waals surface area contributed by atoms with Crippen LogP contribution in [-0.4, -0.2) is 43.6 Å². The molecule has 2 aromatic heterocycles. The van der Waals surface area contributed by atoms with Gasteiger partial charge in [0.15, 0.2) is 0 Å². The van der Waals surface area contributed by atoms with Gasteiger partial charge in [-0.25, -0.2) is 9.36 Å². The highest BCUT2D eigenvalue weighted by Crippen LogP contribution is 2.20. The minimum Gasteiger partial charge on any atom is -0.494 e. The molecule has 0 saturated carbocycles. The van der Waals surface area contributed by atoms with Gasteiger partial charge in [0.25, 0.3) is 5.95 Å². The van der Waals surface area contributed by atoms with E-state index in [1.165, 1.54) is 16.4 Å². The largest absolute Gasteiger partial charge is 0.494 e. The number of nitrogens with zero attached hydrogens (tertiary/aromatic N) is 5. The van der Waals surface area contributed by atoms with E-state index in [-0.39, 0.29) is 0 Å². The third-order valence-electron chi connectivity index (χ3n) is 3.73. The first-order chi connectivity index (χ1) is 13.1. The second-order valence-corrected chi connectivity index (χ2v) is 7.07. The number of aryl methyl sites for hydroxylation is 2. The van der Waals surface area contributed by atoms with Gasteiger partial charge in [-0.1, -0.05) is 18.7 Å². The summed E-state index contributed by atoms with van der Waals surface area (Å²) in [5, 5.41) is 13.3. The average Bonchev–Trinajstić information content (AvgIpc) is 3.19. The molecule has 0 saturated heterocycles. The molecular weight excluding hydrogens is 364 g/mol. The molecule has 0 fully saturated rings. The topological polar surface area (TPSA) is 93.0 Å². The Labute approximate surface area is 162 Å². The number of benzene rings is 1. The van der Waals surface area contributed by atoms with Crippen molar-refractivity contribution in [1.29, 1.82) is 0 Å². The predicted octanol–water partition coefficient (Wildman–Crippen LogP) is 2.75. The molecule has 144 valence electrons. The summed E-state index contributed by atoms with van der Waals surface area (Å²) in [5.41, 5.74) is 1.86. The molecule has 0 bridgehead atoms. The number of ether oxygens (including phenoxy) is 2. The van der Waals surface area contributed by atoms with Crippen LogP contribution in [-0.2, 0) is 0 Å². The molecule has 3 rings (SSSR count). The van der Waals surface area contributed by atoms with Crippen molar-refractivity contribution in [3.05, 3.63) is 41.7 Å². The monoisotopic (exact) mass is 388 g/mol. The molecule has 2 N–H and O–H groups in total. The third kappa shape index (κ3) is 4.73. The van der Waals surface area contributed by atoms with Crippen molar-refractivity contribution in [3.8, 4) is 17.4 Å². The summed E-state index contributed by atoms with van der Waals surface area (Å²) in [6, 6.07) is 9.60. The summed E-state index contributed by atoms with van der Waals surface area (Å²) in [7, 11) is 0. The van der Waals surface area contributed by atoms with Gasteiger partial charge in [-0.3, -0.25) is 0 Å². The van der Waals surface area contributed by atoms with Gasteiger partial charge in [-0.05, 0) is 50.6 Å². The van der Waals surface area contributed by atoms with Crippen molar-refractivity contribution in [1.82, 2.24) is 24.7 Å². The van der Waals surface area contributed by atoms with E-state index in [0.29, 0.717) is 23.5 Å². The van der Waals surface area contributed by atoms with Gasteiger partial charge in [-0.2, -0.15) is 5.10 Å². The zero-order valence-corrected chi connectivity index (χ0v) is 16.6. The van der Waals surface area contributed by atoms with Crippen molar-refractivity contribution in [2.75, 3.05) is 24.8 Å². The number of nitrogen functional groups attached to an aromatic ring is 1. The lowest BCUT2D eigenvalue weighted by molar-refractivity contribution is 0.314. The van der Waals surface area contributed by atoms with E-state index in [1.54, 1.807) is 4.68 Å². The van der Waals surface area contributed by atoms with Crippen LogP contribution in [0.25, 0.3) is 5.95 Å². The van der Waals surface area contributed by atoms with Gasteiger partial charge in [0.05, 0.1) is 18.9 Å².